The molecule has 1 fully saturated rings. The molecule has 0 unspecified atom stereocenters. The van der Waals surface area contributed by atoms with Crippen LogP contribution in [0.3, 0.4) is 0 Å². The highest BCUT2D eigenvalue weighted by Gasteiger charge is 2.24. The average molecular weight is 198 g/mol. The van der Waals surface area contributed by atoms with Gasteiger partial charge in [0.05, 0.1) is 0 Å². The second-order valence-corrected chi connectivity index (χ2v) is 2.53. The Hall–Kier alpha value is -1.92. The largest absolute Gasteiger partial charge is 0.355 e. The summed E-state index contributed by atoms with van der Waals surface area (Å²) in [6.07, 6.45) is 0. The molecule has 0 aromatic rings. The van der Waals surface area contributed by atoms with E-state index in [1.54, 1.807) is 6.92 Å². The second kappa shape index (κ2) is 4.35. The van der Waals surface area contributed by atoms with Gasteiger partial charge in [0.15, 0.2) is 0 Å². The summed E-state index contributed by atoms with van der Waals surface area (Å²) >= 11 is 0. The summed E-state index contributed by atoms with van der Waals surface area (Å²) < 4.78 is 0. The van der Waals surface area contributed by atoms with Crippen LogP contribution in [0.2, 0.25) is 0 Å². The van der Waals surface area contributed by atoms with Crippen molar-refractivity contribution in [2.45, 2.75) is 6.92 Å². The van der Waals surface area contributed by atoms with Crippen molar-refractivity contribution in [2.24, 2.45) is 4.99 Å². The molecule has 1 rings (SSSR count). The quantitative estimate of drug-likeness (QED) is 0.445. The Labute approximate surface area is 80.0 Å². The first kappa shape index (κ1) is 10.2. The second-order valence-electron chi connectivity index (χ2n) is 2.53. The smallest absolute Gasteiger partial charge is 0.316 e. The molecule has 1 aliphatic rings. The van der Waals surface area contributed by atoms with Crippen molar-refractivity contribution in [1.29, 1.82) is 0 Å². The minimum atomic E-state index is -0.764. The fraction of sp³-hybridized carbons (Fsp3) is 0.429. The molecule has 0 saturated carbocycles. The molecule has 14 heavy (non-hydrogen) atoms. The number of carbonyl (C=O) groups is 3. The zero-order valence-electron chi connectivity index (χ0n) is 7.59. The van der Waals surface area contributed by atoms with E-state index in [0.29, 0.717) is 6.54 Å². The maximum absolute atomic E-state index is 10.9. The van der Waals surface area contributed by atoms with Gasteiger partial charge in [-0.25, -0.2) is 4.99 Å². The first-order valence-electron chi connectivity index (χ1n) is 4.07. The van der Waals surface area contributed by atoms with Crippen LogP contribution < -0.4 is 16.0 Å². The lowest BCUT2D eigenvalue weighted by molar-refractivity contribution is -0.135. The molecule has 3 amide bonds. The number of hydrogen-bond donors (Lipinski definition) is 3. The van der Waals surface area contributed by atoms with Gasteiger partial charge in [0.1, 0.15) is 6.54 Å². The van der Waals surface area contributed by atoms with Gasteiger partial charge in [0.2, 0.25) is 11.9 Å². The van der Waals surface area contributed by atoms with E-state index in [1.807, 2.05) is 0 Å². The number of amides is 3. The SMILES string of the molecule is CCNC(=O)CN=C1NC(=O)C(=O)N1. The van der Waals surface area contributed by atoms with Crippen LogP contribution in [0.1, 0.15) is 6.92 Å². The monoisotopic (exact) mass is 198 g/mol. The molecule has 0 aromatic carbocycles. The van der Waals surface area contributed by atoms with E-state index in [0.717, 1.165) is 0 Å². The van der Waals surface area contributed by atoms with E-state index in [9.17, 15) is 14.4 Å². The van der Waals surface area contributed by atoms with Crippen LogP contribution in [-0.2, 0) is 14.4 Å². The number of guanidine groups is 1. The lowest BCUT2D eigenvalue weighted by Gasteiger charge is -1.98. The third kappa shape index (κ3) is 2.54. The Bertz CT molecular complexity index is 292. The third-order valence-electron chi connectivity index (χ3n) is 1.42. The van der Waals surface area contributed by atoms with Crippen LogP contribution in [-0.4, -0.2) is 36.8 Å². The number of likely N-dealkylation sites (N-methyl/N-ethyl adjacent to an activating group) is 1. The molecule has 7 heteroatoms. The molecule has 0 aliphatic carbocycles. The minimum Gasteiger partial charge on any atom is -0.355 e. The number of nitrogens with zero attached hydrogens (tertiary/aromatic N) is 1. The van der Waals surface area contributed by atoms with Crippen LogP contribution in [0, 0.1) is 0 Å². The van der Waals surface area contributed by atoms with Gasteiger partial charge in [-0.2, -0.15) is 0 Å². The van der Waals surface area contributed by atoms with E-state index in [-0.39, 0.29) is 18.4 Å². The standard InChI is InChI=1S/C7H10N4O3/c1-2-8-4(12)3-9-7-10-5(13)6(14)11-7/h2-3H2,1H3,(H,8,12)(H2,9,10,11,13,14). The van der Waals surface area contributed by atoms with Crippen molar-refractivity contribution in [2.75, 3.05) is 13.1 Å². The highest BCUT2D eigenvalue weighted by Crippen LogP contribution is 1.82. The lowest BCUT2D eigenvalue weighted by Crippen LogP contribution is -2.30. The molecule has 76 valence electrons. The van der Waals surface area contributed by atoms with Crippen molar-refractivity contribution >= 4 is 23.7 Å². The summed E-state index contributed by atoms with van der Waals surface area (Å²) in [5.74, 6) is -1.78. The molecule has 1 saturated heterocycles. The van der Waals surface area contributed by atoms with Crippen LogP contribution in [0.5, 0.6) is 0 Å². The summed E-state index contributed by atoms with van der Waals surface area (Å²) in [4.78, 5) is 35.9. The van der Waals surface area contributed by atoms with Gasteiger partial charge in [-0.3, -0.25) is 25.0 Å². The van der Waals surface area contributed by atoms with Crippen LogP contribution in [0.15, 0.2) is 4.99 Å². The molecule has 0 aromatic heterocycles. The number of rotatable bonds is 3. The number of carbonyl (C=O) groups excluding carboxylic acids is 3. The summed E-state index contributed by atoms with van der Waals surface area (Å²) in [7, 11) is 0. The van der Waals surface area contributed by atoms with Crippen molar-refractivity contribution in [3.63, 3.8) is 0 Å². The van der Waals surface area contributed by atoms with Gasteiger partial charge in [0.25, 0.3) is 0 Å². The Morgan fingerprint density at radius 3 is 2.43 bits per heavy atom. The summed E-state index contributed by atoms with van der Waals surface area (Å²) in [5, 5.41) is 6.86. The first-order valence-corrected chi connectivity index (χ1v) is 4.07. The maximum Gasteiger partial charge on any atom is 0.316 e. The predicted molar refractivity (Wildman–Crippen MR) is 47.3 cm³/mol. The molecule has 0 radical (unpaired) electrons. The number of aliphatic imine (C=N–C) groups is 1. The third-order valence-corrected chi connectivity index (χ3v) is 1.42. The summed E-state index contributed by atoms with van der Waals surface area (Å²) in [6.45, 7) is 2.18. The van der Waals surface area contributed by atoms with E-state index in [1.165, 1.54) is 0 Å². The first-order chi connectivity index (χ1) is 6.63. The molecule has 1 heterocycles. The molecule has 1 aliphatic heterocycles. The van der Waals surface area contributed by atoms with Gasteiger partial charge in [-0.1, -0.05) is 0 Å². The van der Waals surface area contributed by atoms with E-state index in [2.05, 4.69) is 20.9 Å². The van der Waals surface area contributed by atoms with Gasteiger partial charge in [-0.15, -0.1) is 0 Å². The zero-order valence-corrected chi connectivity index (χ0v) is 7.59. The normalized spacial score (nSPS) is 14.8. The number of nitrogens with one attached hydrogen (secondary N) is 3. The van der Waals surface area contributed by atoms with E-state index >= 15 is 0 Å². The molecule has 7 nitrogen and oxygen atoms in total. The summed E-state index contributed by atoms with van der Waals surface area (Å²) in [6, 6.07) is 0. The topological polar surface area (TPSA) is 99.7 Å². The molecule has 0 bridgehead atoms. The van der Waals surface area contributed by atoms with Gasteiger partial charge in [-0.05, 0) is 6.92 Å². The summed E-state index contributed by atoms with van der Waals surface area (Å²) in [5.41, 5.74) is 0. The Kier molecular flexibility index (Phi) is 3.16. The van der Waals surface area contributed by atoms with Crippen molar-refractivity contribution < 1.29 is 14.4 Å². The molecular weight excluding hydrogens is 188 g/mol. The predicted octanol–water partition coefficient (Wildman–Crippen LogP) is -2.28. The van der Waals surface area contributed by atoms with Gasteiger partial charge < -0.3 is 5.32 Å². The average Bonchev–Trinajstić information content (AvgIpc) is 2.44. The maximum atomic E-state index is 10.9. The van der Waals surface area contributed by atoms with Gasteiger partial charge in [0, 0.05) is 6.54 Å². The van der Waals surface area contributed by atoms with Crippen LogP contribution in [0.4, 0.5) is 0 Å². The molecule has 0 atom stereocenters. The van der Waals surface area contributed by atoms with Crippen molar-refractivity contribution in [3.8, 4) is 0 Å². The minimum absolute atomic E-state index is 0.0197. The Morgan fingerprint density at radius 2 is 1.93 bits per heavy atom. The fourth-order valence-electron chi connectivity index (χ4n) is 0.843. The Morgan fingerprint density at radius 1 is 1.36 bits per heavy atom. The highest BCUT2D eigenvalue weighted by molar-refractivity contribution is 6.45. The lowest BCUT2D eigenvalue weighted by atomic mass is 10.6. The van der Waals surface area contributed by atoms with Crippen LogP contribution in [0.25, 0.3) is 0 Å². The van der Waals surface area contributed by atoms with E-state index in [4.69, 9.17) is 0 Å². The zero-order chi connectivity index (χ0) is 10.6. The molecule has 0 spiro atoms. The van der Waals surface area contributed by atoms with Crippen molar-refractivity contribution in [1.82, 2.24) is 16.0 Å². The van der Waals surface area contributed by atoms with Crippen LogP contribution >= 0.6 is 0 Å². The van der Waals surface area contributed by atoms with E-state index < -0.39 is 11.8 Å². The highest BCUT2D eigenvalue weighted by atomic mass is 16.2. The number of hydrogen-bond acceptors (Lipinski definition) is 4. The molecular formula is C7H10N4O3. The molecule has 3 N–H and O–H groups in total. The fourth-order valence-corrected chi connectivity index (χ4v) is 0.843. The van der Waals surface area contributed by atoms with Crippen molar-refractivity contribution in [3.05, 3.63) is 0 Å². The van der Waals surface area contributed by atoms with Gasteiger partial charge >= 0.3 is 11.8 Å². The Balaban J connectivity index is 2.43.